The number of H-pyrrole nitrogens is 5. The number of aliphatic hydroxyl groups excluding tert-OH is 1. The number of nitrogens with two attached hydrogens (primary N) is 4. The van der Waals surface area contributed by atoms with E-state index >= 15 is 0 Å². The molecule has 0 unspecified atom stereocenters. The molecule has 0 spiro atoms. The van der Waals surface area contributed by atoms with E-state index < -0.39 is 0 Å². The molecule has 0 saturated carbocycles. The zero-order chi connectivity index (χ0) is 95.7. The molecular weight excluding hydrogens is 1520 g/mol. The fourth-order valence-electron chi connectivity index (χ4n) is 6.54. The van der Waals surface area contributed by atoms with E-state index in [9.17, 15) is 24.0 Å². The topological polar surface area (TPSA) is 518 Å². The number of hydrogen-bond acceptors (Lipinski definition) is 21. The van der Waals surface area contributed by atoms with Gasteiger partial charge in [0.05, 0.1) is 22.5 Å². The van der Waals surface area contributed by atoms with E-state index in [1.165, 1.54) is 11.4 Å². The first kappa shape index (κ1) is 126. The summed E-state index contributed by atoms with van der Waals surface area (Å²) in [4.78, 5) is 79.6. The molecule has 0 aromatic carbocycles. The maximum Gasteiger partial charge on any atom is 0.273 e. The summed E-state index contributed by atoms with van der Waals surface area (Å²) in [6.45, 7) is 88.3. The molecule has 4 amide bonds. The number of Topliss-reactive ketones (excluding diaryl/α,β-unsaturated/α-hetero) is 1. The summed E-state index contributed by atoms with van der Waals surface area (Å²) in [5.41, 5.74) is 24.2. The number of rotatable bonds is 23. The standard InChI is InChI=1S/2C9H16N2.2C8H16O.2C7H16N2.2C7H15NO.C5H8N3.3C4H8N4.2C4H9NO/c2*1-6(2)8-5-10-9(11-8)7(3)4;2*1-6(2)5-8(9)7(3)4;2*1-5(2)7(8)9-6(3)4;2*1-5(2)7(9)8-6(3)4;1-4(2)5-3-6-8-7-5;3*1-3(2)4-5-7-8-6-4;2*1-3(2)4(5)6/h2*5-7H,1-4H3,(H,10,11);6-7H,5H2,1-4H3;5-7,9H,1-4H3;2*5-6H,1-4H3,(H2,8,9);2*5-6H,1-4H3,(H,8,9);3-4H,1-2H3;3*3H,1-2H3,(H,5,6,7,8);2*3H,1-2H3,(H2,5,6)/q;;;;;;;;+1;;;;;/b;;;8-5-;;;;;;;;;;. The van der Waals surface area contributed by atoms with Crippen molar-refractivity contribution in [3.8, 4) is 0 Å². The van der Waals surface area contributed by atoms with Crippen molar-refractivity contribution in [2.24, 2.45) is 108 Å². The smallest absolute Gasteiger partial charge is 0.273 e. The average Bonchev–Trinajstić information content (AvgIpc) is 1.75. The van der Waals surface area contributed by atoms with Gasteiger partial charge in [0.15, 0.2) is 17.5 Å². The summed E-state index contributed by atoms with van der Waals surface area (Å²) in [6, 6.07) is 1.18. The Bertz CT molecular complexity index is 3150. The summed E-state index contributed by atoms with van der Waals surface area (Å²) < 4.78 is 0. The Labute approximate surface area is 725 Å². The number of primary amides is 2. The second-order valence-corrected chi connectivity index (χ2v) is 35.4. The van der Waals surface area contributed by atoms with Gasteiger partial charge in [-0.3, -0.25) is 34.0 Å². The minimum atomic E-state index is -0.241. The Morgan fingerprint density at radius 1 is 0.408 bits per heavy atom. The van der Waals surface area contributed by atoms with Crippen LogP contribution in [0.3, 0.4) is 0 Å². The maximum absolute atomic E-state index is 11.0. The van der Waals surface area contributed by atoms with Crippen molar-refractivity contribution >= 4 is 53.0 Å². The predicted molar refractivity (Wildman–Crippen MR) is 497 cm³/mol. The van der Waals surface area contributed by atoms with Gasteiger partial charge in [-0.25, -0.2) is 9.97 Å². The number of amides is 4. The molecule has 6 rings (SSSR count). The van der Waals surface area contributed by atoms with Crippen LogP contribution in [0, 0.1) is 65.1 Å². The largest absolute Gasteiger partial charge is 0.512 e. The number of aromatic nitrogens is 16. The number of allylic oxidation sites excluding steroid dienone is 2. The number of aromatic amines is 5. The van der Waals surface area contributed by atoms with Crippen molar-refractivity contribution in [1.82, 2.24) is 92.4 Å². The molecule has 120 heavy (non-hydrogen) atoms. The highest BCUT2D eigenvalue weighted by atomic mass is 16.3. The molecule has 694 valence electrons. The van der Waals surface area contributed by atoms with Gasteiger partial charge in [-0.15, -0.1) is 30.6 Å². The third-order valence-electron chi connectivity index (χ3n) is 14.6. The first-order valence-electron chi connectivity index (χ1n) is 42.8. The van der Waals surface area contributed by atoms with E-state index in [4.69, 9.17) is 28.0 Å². The Morgan fingerprint density at radius 3 is 0.800 bits per heavy atom. The van der Waals surface area contributed by atoms with Crippen LogP contribution in [0.1, 0.15) is 393 Å². The van der Waals surface area contributed by atoms with Gasteiger partial charge in [0.1, 0.15) is 17.4 Å². The highest BCUT2D eigenvalue weighted by Crippen LogP contribution is 2.17. The van der Waals surface area contributed by atoms with Gasteiger partial charge in [-0.05, 0) is 85.1 Å². The van der Waals surface area contributed by atoms with Crippen molar-refractivity contribution in [3.63, 3.8) is 0 Å². The Hall–Kier alpha value is -9.29. The van der Waals surface area contributed by atoms with Gasteiger partial charge in [0.25, 0.3) is 6.21 Å². The molecule has 16 N–H and O–H groups in total. The number of hydrogen-bond donors (Lipinski definition) is 12. The number of imidazole rings is 2. The molecule has 1 aliphatic rings. The molecule has 33 heteroatoms. The number of amidine groups is 2. The zero-order valence-electron chi connectivity index (χ0n) is 83.2. The zero-order valence-corrected chi connectivity index (χ0v) is 83.2. The average molecular weight is 1700 g/mol. The van der Waals surface area contributed by atoms with E-state index in [0.29, 0.717) is 94.6 Å². The first-order valence-corrected chi connectivity index (χ1v) is 42.8. The van der Waals surface area contributed by atoms with E-state index in [0.717, 1.165) is 52.9 Å². The predicted octanol–water partition coefficient (Wildman–Crippen LogP) is 17.4. The van der Waals surface area contributed by atoms with E-state index in [2.05, 4.69) is 214 Å². The molecule has 33 nitrogen and oxygen atoms in total. The minimum Gasteiger partial charge on any atom is -0.512 e. The second kappa shape index (κ2) is 73.6. The monoisotopic (exact) mass is 1700 g/mol. The summed E-state index contributed by atoms with van der Waals surface area (Å²) in [5.74, 6) is 12.7. The van der Waals surface area contributed by atoms with E-state index in [1.807, 2.05) is 198 Å². The number of aliphatic hydroxyl groups is 1. The highest BCUT2D eigenvalue weighted by Gasteiger charge is 2.16. The van der Waals surface area contributed by atoms with Crippen LogP contribution >= 0.6 is 0 Å². The quantitative estimate of drug-likeness (QED) is 0.0125. The number of carbonyl (C=O) groups is 5. The van der Waals surface area contributed by atoms with Gasteiger partial charge < -0.3 is 48.6 Å². The first-order chi connectivity index (χ1) is 54.9. The van der Waals surface area contributed by atoms with Gasteiger partial charge >= 0.3 is 0 Å². The minimum absolute atomic E-state index is 0.00926. The molecule has 0 atom stereocenters. The lowest BCUT2D eigenvalue weighted by atomic mass is 9.99. The van der Waals surface area contributed by atoms with Crippen LogP contribution in [0.25, 0.3) is 0 Å². The number of carbonyl (C=O) groups excluding carboxylic acids is 5. The van der Waals surface area contributed by atoms with Crippen LogP contribution in [-0.4, -0.2) is 169 Å². The molecule has 0 radical (unpaired) electrons. The van der Waals surface area contributed by atoms with Gasteiger partial charge in [-0.1, -0.05) is 270 Å². The molecule has 0 bridgehead atoms. The molecule has 1 aliphatic heterocycles. The van der Waals surface area contributed by atoms with Crippen LogP contribution in [0.15, 0.2) is 44.5 Å². The van der Waals surface area contributed by atoms with Crippen molar-refractivity contribution in [3.05, 3.63) is 64.7 Å². The van der Waals surface area contributed by atoms with Crippen molar-refractivity contribution < 1.29 is 33.9 Å². The van der Waals surface area contributed by atoms with Crippen LogP contribution in [-0.2, 0) is 24.0 Å². The summed E-state index contributed by atoms with van der Waals surface area (Å²) >= 11 is 0. The Morgan fingerprint density at radius 2 is 0.708 bits per heavy atom. The van der Waals surface area contributed by atoms with Gasteiger partial charge in [0.2, 0.25) is 34.6 Å². The van der Waals surface area contributed by atoms with Gasteiger partial charge in [-0.2, -0.15) is 15.6 Å². The fourth-order valence-corrected chi connectivity index (χ4v) is 6.54. The Balaban J connectivity index is -0.000000188. The summed E-state index contributed by atoms with van der Waals surface area (Å²) in [5, 5.41) is 61.9. The van der Waals surface area contributed by atoms with Crippen LogP contribution in [0.2, 0.25) is 0 Å². The number of nitrogens with one attached hydrogen (secondary N) is 7. The molecule has 5 aromatic rings. The van der Waals surface area contributed by atoms with Crippen LogP contribution in [0.4, 0.5) is 0 Å². The molecule has 5 aromatic heterocycles. The number of aliphatic imine (C=N–C) groups is 2. The lowest BCUT2D eigenvalue weighted by Crippen LogP contribution is -2.33. The van der Waals surface area contributed by atoms with Crippen molar-refractivity contribution in [2.45, 2.75) is 377 Å². The van der Waals surface area contributed by atoms with Crippen LogP contribution < -0.4 is 33.6 Å². The Kier molecular flexibility index (Phi) is 77.5. The second-order valence-electron chi connectivity index (χ2n) is 35.4. The normalized spacial score (nSPS) is 11.5. The molecule has 0 aliphatic carbocycles. The van der Waals surface area contributed by atoms with Crippen molar-refractivity contribution in [1.29, 1.82) is 0 Å². The SMILES string of the molecule is CC(C)/C=C(\O)C(C)C.CC(C)C(N)=O.CC(C)C(N)=O.CC(C)C1=NN=[N+]=C1.CC(C)CC(=O)C(C)C.CC(C)N=C(N)C(C)C.CC(C)N=C(N)C(C)C.CC(C)NC(=O)C(C)C.CC(C)NC(=O)C(C)C.CC(C)c1cnc(C(C)C)[nH]1.CC(C)c1cnc(C(C)C)[nH]1.CC(C)c1nn[nH]n1.CC(C)c1nn[nH]n1.CC(C)c1nn[nH]n1. The number of nitrogens with zero attached hydrogens (tertiary/aromatic N) is 16. The molecule has 6 heterocycles. The number of tetrazole rings is 3. The van der Waals surface area contributed by atoms with Gasteiger partial charge in [0, 0.05) is 137 Å². The fraction of sp³-hybridized carbons (Fsp3) is 0.770. The lowest BCUT2D eigenvalue weighted by Gasteiger charge is -2.09. The molecule has 0 fully saturated rings. The van der Waals surface area contributed by atoms with E-state index in [1.54, 1.807) is 33.9 Å². The summed E-state index contributed by atoms with van der Waals surface area (Å²) in [6.07, 6.45) is 8.16. The van der Waals surface area contributed by atoms with Crippen LogP contribution in [0.5, 0.6) is 0 Å². The third-order valence-corrected chi connectivity index (χ3v) is 14.6. The number of ketones is 1. The maximum atomic E-state index is 11.0. The lowest BCUT2D eigenvalue weighted by molar-refractivity contribution is -0.125. The van der Waals surface area contributed by atoms with E-state index in [-0.39, 0.29) is 71.2 Å². The molecule has 0 saturated heterocycles. The summed E-state index contributed by atoms with van der Waals surface area (Å²) in [7, 11) is 0. The molecular formula is C87H176N27O6+. The van der Waals surface area contributed by atoms with Crippen molar-refractivity contribution in [2.75, 3.05) is 0 Å². The highest BCUT2D eigenvalue weighted by molar-refractivity contribution is 6.29. The third kappa shape index (κ3) is 81.1.